The molecule has 96 valence electrons. The Bertz CT molecular complexity index is 465. The highest BCUT2D eigenvalue weighted by Gasteiger charge is 2.01. The van der Waals surface area contributed by atoms with E-state index < -0.39 is 0 Å². The Morgan fingerprint density at radius 2 is 2.06 bits per heavy atom. The first-order valence-corrected chi connectivity index (χ1v) is 6.23. The van der Waals surface area contributed by atoms with E-state index >= 15 is 0 Å². The lowest BCUT2D eigenvalue weighted by molar-refractivity contribution is 0.115. The molecule has 0 spiro atoms. The summed E-state index contributed by atoms with van der Waals surface area (Å²) in [6, 6.07) is 10.1. The minimum atomic E-state index is 0.377. The number of benzene rings is 1. The zero-order chi connectivity index (χ0) is 12.8. The molecule has 18 heavy (non-hydrogen) atoms. The highest BCUT2D eigenvalue weighted by Crippen LogP contribution is 2.15. The molecule has 0 saturated heterocycles. The Morgan fingerprint density at radius 3 is 2.72 bits per heavy atom. The molecule has 0 fully saturated rings. The van der Waals surface area contributed by atoms with Crippen molar-refractivity contribution >= 4 is 17.4 Å². The molecule has 0 radical (unpaired) electrons. The summed E-state index contributed by atoms with van der Waals surface area (Å²) < 4.78 is 7.31. The van der Waals surface area contributed by atoms with Crippen molar-refractivity contribution in [1.82, 2.24) is 9.78 Å². The van der Waals surface area contributed by atoms with Crippen molar-refractivity contribution in [2.75, 3.05) is 12.3 Å². The van der Waals surface area contributed by atoms with Crippen molar-refractivity contribution in [3.8, 4) is 0 Å². The number of nitrogens with two attached hydrogens (primary N) is 1. The molecular formula is C13H16ClN3O. The third-order valence-electron chi connectivity index (χ3n) is 2.53. The number of hydrogen-bond acceptors (Lipinski definition) is 3. The smallest absolute Gasteiger partial charge is 0.164 e. The number of nitrogens with zero attached hydrogens (tertiary/aromatic N) is 2. The van der Waals surface area contributed by atoms with Crippen LogP contribution in [-0.4, -0.2) is 16.4 Å². The van der Waals surface area contributed by atoms with Gasteiger partial charge in [0.1, 0.15) is 5.02 Å². The predicted molar refractivity (Wildman–Crippen MR) is 72.4 cm³/mol. The van der Waals surface area contributed by atoms with Gasteiger partial charge < -0.3 is 10.5 Å². The fourth-order valence-corrected chi connectivity index (χ4v) is 1.77. The fraction of sp³-hybridized carbons (Fsp3) is 0.308. The number of rotatable bonds is 6. The van der Waals surface area contributed by atoms with E-state index in [1.807, 2.05) is 30.3 Å². The van der Waals surface area contributed by atoms with Crippen molar-refractivity contribution in [1.29, 1.82) is 0 Å². The number of anilines is 1. The molecule has 0 saturated carbocycles. The maximum atomic E-state index is 5.81. The Kier molecular flexibility index (Phi) is 4.61. The molecule has 0 unspecified atom stereocenters. The quantitative estimate of drug-likeness (QED) is 0.817. The number of aryl methyl sites for hydroxylation is 1. The minimum absolute atomic E-state index is 0.377. The molecule has 0 atom stereocenters. The highest BCUT2D eigenvalue weighted by atomic mass is 35.5. The molecule has 0 bridgehead atoms. The van der Waals surface area contributed by atoms with Crippen LogP contribution in [0.2, 0.25) is 5.02 Å². The van der Waals surface area contributed by atoms with Crippen molar-refractivity contribution in [3.63, 3.8) is 0 Å². The highest BCUT2D eigenvalue weighted by molar-refractivity contribution is 6.32. The van der Waals surface area contributed by atoms with Crippen molar-refractivity contribution < 1.29 is 4.74 Å². The van der Waals surface area contributed by atoms with Gasteiger partial charge >= 0.3 is 0 Å². The summed E-state index contributed by atoms with van der Waals surface area (Å²) in [4.78, 5) is 0. The van der Waals surface area contributed by atoms with E-state index in [9.17, 15) is 0 Å². The summed E-state index contributed by atoms with van der Waals surface area (Å²) in [5.41, 5.74) is 6.74. The second kappa shape index (κ2) is 6.42. The van der Waals surface area contributed by atoms with Crippen LogP contribution in [0.3, 0.4) is 0 Å². The third kappa shape index (κ3) is 3.75. The largest absolute Gasteiger partial charge is 0.381 e. The fourth-order valence-electron chi connectivity index (χ4n) is 1.62. The van der Waals surface area contributed by atoms with Gasteiger partial charge in [0.2, 0.25) is 0 Å². The predicted octanol–water partition coefficient (Wildman–Crippen LogP) is 2.73. The SMILES string of the molecule is Nc1nn(CCCOCc2ccccc2)cc1Cl. The maximum absolute atomic E-state index is 5.81. The molecule has 2 aromatic rings. The zero-order valence-corrected chi connectivity index (χ0v) is 10.8. The average molecular weight is 266 g/mol. The van der Waals surface area contributed by atoms with Crippen molar-refractivity contribution in [2.24, 2.45) is 0 Å². The second-order valence-corrected chi connectivity index (χ2v) is 4.42. The summed E-state index contributed by atoms with van der Waals surface area (Å²) in [6.07, 6.45) is 2.61. The number of nitrogen functional groups attached to an aromatic ring is 1. The van der Waals surface area contributed by atoms with Gasteiger partial charge in [-0.25, -0.2) is 0 Å². The molecule has 1 aromatic heterocycles. The first-order valence-electron chi connectivity index (χ1n) is 5.86. The van der Waals surface area contributed by atoms with E-state index in [4.69, 9.17) is 22.1 Å². The lowest BCUT2D eigenvalue weighted by atomic mass is 10.2. The van der Waals surface area contributed by atoms with E-state index in [2.05, 4.69) is 5.10 Å². The molecular weight excluding hydrogens is 250 g/mol. The molecule has 5 heteroatoms. The van der Waals surface area contributed by atoms with Crippen LogP contribution in [0.4, 0.5) is 5.82 Å². The second-order valence-electron chi connectivity index (χ2n) is 4.02. The molecule has 1 heterocycles. The van der Waals surface area contributed by atoms with Crippen LogP contribution in [0.15, 0.2) is 36.5 Å². The van der Waals surface area contributed by atoms with Gasteiger partial charge in [0.25, 0.3) is 0 Å². The topological polar surface area (TPSA) is 53.1 Å². The summed E-state index contributed by atoms with van der Waals surface area (Å²) >= 11 is 5.81. The van der Waals surface area contributed by atoms with Crippen LogP contribution in [0.1, 0.15) is 12.0 Å². The van der Waals surface area contributed by atoms with Crippen LogP contribution in [0, 0.1) is 0 Å². The Labute approximate surface area is 111 Å². The first kappa shape index (κ1) is 12.9. The standard InChI is InChI=1S/C13H16ClN3O/c14-12-9-17(16-13(12)15)7-4-8-18-10-11-5-2-1-3-6-11/h1-3,5-6,9H,4,7-8,10H2,(H2,15,16). The van der Waals surface area contributed by atoms with E-state index in [0.717, 1.165) is 13.0 Å². The Balaban J connectivity index is 1.64. The summed E-state index contributed by atoms with van der Waals surface area (Å²) in [6.45, 7) is 2.08. The monoisotopic (exact) mass is 265 g/mol. The number of ether oxygens (including phenoxy) is 1. The summed E-state index contributed by atoms with van der Waals surface area (Å²) in [5.74, 6) is 0.377. The van der Waals surface area contributed by atoms with Gasteiger partial charge in [-0.1, -0.05) is 41.9 Å². The lowest BCUT2D eigenvalue weighted by Gasteiger charge is -2.04. The normalized spacial score (nSPS) is 10.7. The van der Waals surface area contributed by atoms with Gasteiger partial charge in [0, 0.05) is 19.3 Å². The van der Waals surface area contributed by atoms with Gasteiger partial charge in [-0.2, -0.15) is 5.10 Å². The molecule has 4 nitrogen and oxygen atoms in total. The van der Waals surface area contributed by atoms with Gasteiger partial charge in [0.05, 0.1) is 6.61 Å². The molecule has 0 amide bonds. The van der Waals surface area contributed by atoms with Gasteiger partial charge in [-0.05, 0) is 12.0 Å². The first-order chi connectivity index (χ1) is 8.75. The van der Waals surface area contributed by atoms with E-state index in [1.54, 1.807) is 10.9 Å². The Hall–Kier alpha value is -1.52. The van der Waals surface area contributed by atoms with E-state index in [1.165, 1.54) is 5.56 Å². The van der Waals surface area contributed by atoms with Crippen molar-refractivity contribution in [3.05, 3.63) is 47.1 Å². The molecule has 2 rings (SSSR count). The molecule has 0 aliphatic rings. The van der Waals surface area contributed by atoms with Gasteiger partial charge in [0.15, 0.2) is 5.82 Å². The number of hydrogen-bond donors (Lipinski definition) is 1. The number of aromatic nitrogens is 2. The zero-order valence-electron chi connectivity index (χ0n) is 10.1. The van der Waals surface area contributed by atoms with Crippen LogP contribution < -0.4 is 5.73 Å². The van der Waals surface area contributed by atoms with Crippen LogP contribution in [0.5, 0.6) is 0 Å². The Morgan fingerprint density at radius 1 is 1.28 bits per heavy atom. The van der Waals surface area contributed by atoms with E-state index in [0.29, 0.717) is 24.1 Å². The molecule has 2 N–H and O–H groups in total. The van der Waals surface area contributed by atoms with Crippen LogP contribution >= 0.6 is 11.6 Å². The summed E-state index contributed by atoms with van der Waals surface area (Å²) in [7, 11) is 0. The summed E-state index contributed by atoms with van der Waals surface area (Å²) in [5, 5.41) is 4.57. The van der Waals surface area contributed by atoms with E-state index in [-0.39, 0.29) is 0 Å². The van der Waals surface area contributed by atoms with Crippen LogP contribution in [0.25, 0.3) is 0 Å². The third-order valence-corrected chi connectivity index (χ3v) is 2.82. The van der Waals surface area contributed by atoms with Gasteiger partial charge in [-0.15, -0.1) is 0 Å². The molecule has 0 aliphatic heterocycles. The average Bonchev–Trinajstić information content (AvgIpc) is 2.70. The van der Waals surface area contributed by atoms with Gasteiger partial charge in [-0.3, -0.25) is 4.68 Å². The molecule has 0 aliphatic carbocycles. The van der Waals surface area contributed by atoms with Crippen molar-refractivity contribution in [2.45, 2.75) is 19.6 Å². The lowest BCUT2D eigenvalue weighted by Crippen LogP contribution is -2.04. The number of halogens is 1. The minimum Gasteiger partial charge on any atom is -0.381 e. The van der Waals surface area contributed by atoms with Crippen LogP contribution in [-0.2, 0) is 17.9 Å². The maximum Gasteiger partial charge on any atom is 0.164 e. The molecule has 1 aromatic carbocycles.